The Morgan fingerprint density at radius 1 is 0.155 bits per heavy atom. The summed E-state index contributed by atoms with van der Waals surface area (Å²) in [5.74, 6) is 12.6. The molecular formula is C124H240N24. The van der Waals surface area contributed by atoms with Crippen LogP contribution in [0.4, 0.5) is 0 Å². The van der Waals surface area contributed by atoms with Crippen LogP contribution in [0.15, 0.2) is 49.6 Å². The highest BCUT2D eigenvalue weighted by Crippen LogP contribution is 2.23. The molecule has 0 N–H and O–H groups in total. The summed E-state index contributed by atoms with van der Waals surface area (Å²) in [6, 6.07) is 0. The minimum atomic E-state index is 0.635. The maximum Gasteiger partial charge on any atom is 0.0827 e. The van der Waals surface area contributed by atoms with Gasteiger partial charge in [0.25, 0.3) is 0 Å². The van der Waals surface area contributed by atoms with Crippen LogP contribution in [0.2, 0.25) is 0 Å². The molecule has 0 aliphatic heterocycles. The standard InChI is InChI=1S/6C16H31N3.2C14H27N3/c2*1-14(2)9-6-5-7-12-19-16(13-17-18-19)11-8-10-15(3)4;2*1-14(2)9-7-5-6-8-12-19-16(13-17-18-19)11-10-15(3)4;2*1-14(2)9-7-5-6-8-10-16-13-17-18-19(16)12-11-15(3)4;1-12(2)7-5-6-8-14-11-17(16-15-14)10-9-13(3)4;1-12(2)8-6-5-7-9-14-11-17(16-15-14)10-13(3)4/h6*13-15H,5-12H2,1-4H3;2*11-13H,5-10H2,1-4H3. The minimum absolute atomic E-state index is 0.635. The van der Waals surface area contributed by atoms with E-state index < -0.39 is 0 Å². The van der Waals surface area contributed by atoms with Gasteiger partial charge in [-0.2, -0.15) is 0 Å². The number of nitrogens with zero attached hydrogens (tertiary/aromatic N) is 24. The lowest BCUT2D eigenvalue weighted by Crippen LogP contribution is -2.07. The zero-order valence-corrected chi connectivity index (χ0v) is 103. The van der Waals surface area contributed by atoms with Gasteiger partial charge in [-0.3, -0.25) is 9.36 Å². The van der Waals surface area contributed by atoms with E-state index in [2.05, 4.69) is 345 Å². The van der Waals surface area contributed by atoms with E-state index in [4.69, 9.17) is 0 Å². The lowest BCUT2D eigenvalue weighted by Gasteiger charge is -2.08. The smallest absolute Gasteiger partial charge is 0.0827 e. The third-order valence-corrected chi connectivity index (χ3v) is 27.3. The van der Waals surface area contributed by atoms with Gasteiger partial charge in [-0.25, -0.2) is 28.1 Å². The summed E-state index contributed by atoms with van der Waals surface area (Å²) in [5, 5.41) is 66.3. The van der Waals surface area contributed by atoms with Crippen molar-refractivity contribution in [1.82, 2.24) is 120 Å². The van der Waals surface area contributed by atoms with Crippen molar-refractivity contribution in [2.75, 3.05) is 0 Å². The van der Waals surface area contributed by atoms with Crippen molar-refractivity contribution in [2.24, 2.45) is 94.7 Å². The van der Waals surface area contributed by atoms with Crippen LogP contribution in [0.3, 0.4) is 0 Å². The Hall–Kier alpha value is -6.88. The van der Waals surface area contributed by atoms with Gasteiger partial charge in [-0.1, -0.05) is 449 Å². The van der Waals surface area contributed by atoms with Crippen molar-refractivity contribution in [3.05, 3.63) is 95.1 Å². The molecule has 8 aromatic heterocycles. The first-order valence-electron chi connectivity index (χ1n) is 61.7. The average molecular weight is 2070 g/mol. The second-order valence-corrected chi connectivity index (χ2v) is 50.5. The summed E-state index contributed by atoms with van der Waals surface area (Å²) < 4.78 is 16.6. The molecule has 0 bridgehead atoms. The highest BCUT2D eigenvalue weighted by atomic mass is 15.5. The molecule has 8 aromatic rings. The van der Waals surface area contributed by atoms with Gasteiger partial charge < -0.3 is 0 Å². The van der Waals surface area contributed by atoms with Crippen LogP contribution in [-0.2, 0) is 104 Å². The van der Waals surface area contributed by atoms with Crippen LogP contribution in [0.1, 0.15) is 550 Å². The van der Waals surface area contributed by atoms with E-state index in [0.717, 1.165) is 204 Å². The Bertz CT molecular complexity index is 3810. The lowest BCUT2D eigenvalue weighted by molar-refractivity contribution is 0.462. The fourth-order valence-corrected chi connectivity index (χ4v) is 17.5. The quantitative estimate of drug-likeness (QED) is 0.0322. The van der Waals surface area contributed by atoms with Crippen LogP contribution in [-0.4, -0.2) is 120 Å². The first-order chi connectivity index (χ1) is 70.7. The zero-order chi connectivity index (χ0) is 110. The Labute approximate surface area is 912 Å². The molecule has 8 heterocycles. The van der Waals surface area contributed by atoms with Crippen molar-refractivity contribution >= 4 is 0 Å². The number of hydrogen-bond acceptors (Lipinski definition) is 16. The van der Waals surface area contributed by atoms with Gasteiger partial charge >= 0.3 is 0 Å². The highest BCUT2D eigenvalue weighted by molar-refractivity contribution is 5.00. The third kappa shape index (κ3) is 82.7. The van der Waals surface area contributed by atoms with E-state index in [-0.39, 0.29) is 0 Å². The van der Waals surface area contributed by atoms with Crippen LogP contribution >= 0.6 is 0 Å². The van der Waals surface area contributed by atoms with E-state index in [0.29, 0.717) is 5.92 Å². The van der Waals surface area contributed by atoms with Gasteiger partial charge in [-0.05, 0) is 242 Å². The maximum absolute atomic E-state index is 4.22. The summed E-state index contributed by atoms with van der Waals surface area (Å²) in [4.78, 5) is 0. The summed E-state index contributed by atoms with van der Waals surface area (Å²) in [7, 11) is 0. The maximum atomic E-state index is 4.22. The molecule has 148 heavy (non-hydrogen) atoms. The third-order valence-electron chi connectivity index (χ3n) is 27.3. The number of aryl methyl sites for hydroxylation is 15. The predicted molar refractivity (Wildman–Crippen MR) is 630 cm³/mol. The topological polar surface area (TPSA) is 246 Å². The molecule has 0 atom stereocenters. The average Bonchev–Trinajstić information content (AvgIpc) is 1.78. The molecule has 0 spiro atoms. The Morgan fingerprint density at radius 2 is 0.345 bits per heavy atom. The minimum Gasteiger partial charge on any atom is -0.252 e. The van der Waals surface area contributed by atoms with Crippen LogP contribution in [0.25, 0.3) is 0 Å². The Balaban J connectivity index is 0.000000846. The molecule has 0 saturated heterocycles. The number of unbranched alkanes of at least 4 members (excludes halogenated alkanes) is 19. The first kappa shape index (κ1) is 139. The fraction of sp³-hybridized carbons (Fsp3) is 0.871. The van der Waals surface area contributed by atoms with Gasteiger partial charge in [0.2, 0.25) is 0 Å². The van der Waals surface area contributed by atoms with E-state index in [1.165, 1.54) is 317 Å². The summed E-state index contributed by atoms with van der Waals surface area (Å²) in [6.45, 7) is 81.0. The van der Waals surface area contributed by atoms with Crippen molar-refractivity contribution in [3.8, 4) is 0 Å². The zero-order valence-electron chi connectivity index (χ0n) is 103. The van der Waals surface area contributed by atoms with Gasteiger partial charge in [0.1, 0.15) is 0 Å². The fourth-order valence-electron chi connectivity index (χ4n) is 17.5. The number of aromatic nitrogens is 24. The second-order valence-electron chi connectivity index (χ2n) is 50.5. The Kier molecular flexibility index (Phi) is 85.1. The Morgan fingerprint density at radius 3 is 0.615 bits per heavy atom. The number of hydrogen-bond donors (Lipinski definition) is 0. The molecule has 0 aliphatic carbocycles. The molecule has 0 radical (unpaired) electrons. The second kappa shape index (κ2) is 90.5. The summed E-state index contributed by atoms with van der Waals surface area (Å²) in [6.07, 6.45) is 82.1. The summed E-state index contributed by atoms with van der Waals surface area (Å²) in [5.41, 5.74) is 10.1. The molecule has 856 valence electrons. The summed E-state index contributed by atoms with van der Waals surface area (Å²) >= 11 is 0. The normalized spacial score (nSPS) is 11.7. The van der Waals surface area contributed by atoms with E-state index >= 15 is 0 Å². The molecule has 0 amide bonds. The highest BCUT2D eigenvalue weighted by Gasteiger charge is 2.15. The van der Waals surface area contributed by atoms with E-state index in [1.54, 1.807) is 0 Å². The van der Waals surface area contributed by atoms with Gasteiger partial charge in [0.15, 0.2) is 0 Å². The van der Waals surface area contributed by atoms with Crippen molar-refractivity contribution in [2.45, 2.75) is 608 Å². The van der Waals surface area contributed by atoms with Crippen molar-refractivity contribution in [1.29, 1.82) is 0 Å². The van der Waals surface area contributed by atoms with Gasteiger partial charge in [-0.15, -0.1) is 40.8 Å². The molecule has 8 rings (SSSR count). The molecular weight excluding hydrogens is 1830 g/mol. The molecule has 0 unspecified atom stereocenters. The molecule has 0 aromatic carbocycles. The van der Waals surface area contributed by atoms with E-state index in [1.807, 2.05) is 46.5 Å². The van der Waals surface area contributed by atoms with Crippen molar-refractivity contribution in [3.63, 3.8) is 0 Å². The lowest BCUT2D eigenvalue weighted by atomic mass is 10.0. The molecule has 0 saturated carbocycles. The molecule has 24 nitrogen and oxygen atoms in total. The monoisotopic (exact) mass is 2070 g/mol. The first-order valence-corrected chi connectivity index (χ1v) is 61.7. The molecule has 0 aliphatic rings. The van der Waals surface area contributed by atoms with Crippen LogP contribution in [0.5, 0.6) is 0 Å². The molecule has 0 fully saturated rings. The SMILES string of the molecule is CC(C)CCCCCCc1cnnn1CCC(C)C.CC(C)CCCCCCc1cnnn1CCC(C)C.CC(C)CCCCCCn1nncc1CCC(C)C.CC(C)CCCCCCn1nncc1CCC(C)C.CC(C)CCCCCc1cn(CC(C)C)nn1.CC(C)CCCCCn1nncc1CCCC(C)C.CC(C)CCCCCn1nncc1CCCC(C)C.CC(C)CCCCc1cn(CCC(C)C)nn1. The largest absolute Gasteiger partial charge is 0.252 e. The van der Waals surface area contributed by atoms with Crippen LogP contribution in [0, 0.1) is 94.7 Å². The van der Waals surface area contributed by atoms with E-state index in [9.17, 15) is 0 Å². The van der Waals surface area contributed by atoms with Crippen LogP contribution < -0.4 is 0 Å². The predicted octanol–water partition coefficient (Wildman–Crippen LogP) is 34.2. The van der Waals surface area contributed by atoms with Crippen molar-refractivity contribution < 1.29 is 0 Å². The molecule has 24 heteroatoms. The van der Waals surface area contributed by atoms with Gasteiger partial charge in [0, 0.05) is 64.8 Å². The number of rotatable bonds is 76. The van der Waals surface area contributed by atoms with Gasteiger partial charge in [0.05, 0.1) is 82.7 Å².